The molecule has 3 fully saturated rings. The summed E-state index contributed by atoms with van der Waals surface area (Å²) in [6, 6.07) is 0. The van der Waals surface area contributed by atoms with E-state index < -0.39 is 0 Å². The Morgan fingerprint density at radius 1 is 0.743 bits per heavy atom. The minimum atomic E-state index is -0.257. The van der Waals surface area contributed by atoms with E-state index in [0.717, 1.165) is 32.1 Å². The van der Waals surface area contributed by atoms with Crippen LogP contribution < -0.4 is 16.4 Å². The Kier molecular flexibility index (Phi) is 14.9. The van der Waals surface area contributed by atoms with Crippen LogP contribution in [0.1, 0.15) is 116 Å². The van der Waals surface area contributed by atoms with Gasteiger partial charge in [0.05, 0.1) is 31.8 Å². The Balaban J connectivity index is 1.37. The van der Waals surface area contributed by atoms with Gasteiger partial charge in [0.2, 0.25) is 11.8 Å². The van der Waals surface area contributed by atoms with E-state index in [9.17, 15) is 9.59 Å². The number of hydrogen-bond donors (Lipinski definition) is 3. The summed E-state index contributed by atoms with van der Waals surface area (Å²) in [6.07, 6.45) is 20.0. The van der Waals surface area contributed by atoms with E-state index in [0.29, 0.717) is 45.9 Å². The second-order valence-electron chi connectivity index (χ2n) is 10.9. The van der Waals surface area contributed by atoms with Crippen LogP contribution in [0.15, 0.2) is 0 Å². The van der Waals surface area contributed by atoms with Gasteiger partial charge in [-0.3, -0.25) is 9.59 Å². The third-order valence-corrected chi connectivity index (χ3v) is 7.59. The first-order valence-corrected chi connectivity index (χ1v) is 14.5. The molecule has 0 aliphatic heterocycles. The molecule has 0 atom stereocenters. The van der Waals surface area contributed by atoms with E-state index in [-0.39, 0.29) is 22.8 Å². The van der Waals surface area contributed by atoms with E-state index in [1.165, 1.54) is 70.6 Å². The van der Waals surface area contributed by atoms with Gasteiger partial charge in [0.25, 0.3) is 0 Å². The first-order chi connectivity index (χ1) is 17.1. The second-order valence-corrected chi connectivity index (χ2v) is 10.9. The van der Waals surface area contributed by atoms with E-state index in [1.54, 1.807) is 0 Å². The van der Waals surface area contributed by atoms with Crippen molar-refractivity contribution in [3.05, 3.63) is 0 Å². The molecule has 3 aliphatic carbocycles. The smallest absolute Gasteiger partial charge is 0.226 e. The Morgan fingerprint density at radius 3 is 1.80 bits per heavy atom. The second kappa shape index (κ2) is 17.3. The maximum Gasteiger partial charge on any atom is 0.226 e. The van der Waals surface area contributed by atoms with E-state index in [2.05, 4.69) is 17.6 Å². The Labute approximate surface area is 214 Å². The molecule has 0 aromatic carbocycles. The molecule has 7 nitrogen and oxygen atoms in total. The van der Waals surface area contributed by atoms with Crippen molar-refractivity contribution >= 4 is 11.8 Å². The molecule has 0 spiro atoms. The summed E-state index contributed by atoms with van der Waals surface area (Å²) in [5, 5.41) is 6.19. The fourth-order valence-corrected chi connectivity index (χ4v) is 5.65. The maximum absolute atomic E-state index is 12.5. The summed E-state index contributed by atoms with van der Waals surface area (Å²) in [5.41, 5.74) is 4.99. The van der Waals surface area contributed by atoms with Gasteiger partial charge < -0.3 is 25.8 Å². The third kappa shape index (κ3) is 11.2. The highest BCUT2D eigenvalue weighted by atomic mass is 16.5. The summed E-state index contributed by atoms with van der Waals surface area (Å²) in [7, 11) is 0. The van der Waals surface area contributed by atoms with E-state index in [4.69, 9.17) is 15.2 Å². The predicted octanol–water partition coefficient (Wildman–Crippen LogP) is 4.61. The van der Waals surface area contributed by atoms with Gasteiger partial charge in [0.15, 0.2) is 0 Å². The zero-order valence-corrected chi connectivity index (χ0v) is 22.5. The summed E-state index contributed by atoms with van der Waals surface area (Å²) in [4.78, 5) is 24.8. The summed E-state index contributed by atoms with van der Waals surface area (Å²) in [5.74, 6) is 0.264. The molecule has 4 N–H and O–H groups in total. The lowest BCUT2D eigenvalue weighted by Gasteiger charge is -2.69. The molecule has 0 aromatic heterocycles. The standard InChI is InChI=1S/C28H53N3O4/c1-2-3-4-5-6-7-8-9-10-11-12-13-14-15-25(32)31-28-22-27(23-28,24-28)26(33)30-17-19-35-21-20-34-18-16-29/h2-24,29H2,1H3,(H,30,33)(H,31,32). The predicted molar refractivity (Wildman–Crippen MR) is 141 cm³/mol. The minimum Gasteiger partial charge on any atom is -0.378 e. The summed E-state index contributed by atoms with van der Waals surface area (Å²) in [6.45, 7) is 5.35. The highest BCUT2D eigenvalue weighted by Gasteiger charge is 2.72. The van der Waals surface area contributed by atoms with Gasteiger partial charge in [0, 0.05) is 25.0 Å². The molecule has 2 amide bonds. The van der Waals surface area contributed by atoms with Gasteiger partial charge in [-0.05, 0) is 25.7 Å². The molecule has 3 saturated carbocycles. The quantitative estimate of drug-likeness (QED) is 0.170. The van der Waals surface area contributed by atoms with Crippen molar-refractivity contribution in [3.63, 3.8) is 0 Å². The number of carbonyl (C=O) groups excluding carboxylic acids is 2. The molecule has 2 bridgehead atoms. The Hall–Kier alpha value is -1.18. The lowest BCUT2D eigenvalue weighted by Crippen LogP contribution is -2.78. The van der Waals surface area contributed by atoms with Crippen LogP contribution in [0.2, 0.25) is 0 Å². The van der Waals surface area contributed by atoms with Crippen molar-refractivity contribution in [2.75, 3.05) is 39.5 Å². The number of hydrogen-bond acceptors (Lipinski definition) is 5. The summed E-state index contributed by atoms with van der Waals surface area (Å²) < 4.78 is 10.7. The van der Waals surface area contributed by atoms with Crippen molar-refractivity contribution in [2.45, 2.75) is 122 Å². The fraction of sp³-hybridized carbons (Fsp3) is 0.929. The first kappa shape index (κ1) is 30.0. The van der Waals surface area contributed by atoms with Crippen molar-refractivity contribution in [1.82, 2.24) is 10.6 Å². The molecule has 3 aliphatic rings. The number of nitrogens with two attached hydrogens (primary N) is 1. The molecule has 0 unspecified atom stereocenters. The molecule has 0 radical (unpaired) electrons. The van der Waals surface area contributed by atoms with Crippen molar-refractivity contribution in [3.8, 4) is 0 Å². The van der Waals surface area contributed by atoms with Crippen LogP contribution in [0.4, 0.5) is 0 Å². The SMILES string of the molecule is CCCCCCCCCCCCCCCC(=O)NC12CC(C(=O)NCCOCCOCCN)(C1)C2. The number of rotatable bonds is 24. The number of nitrogens with one attached hydrogen (secondary N) is 2. The van der Waals surface area contributed by atoms with Crippen molar-refractivity contribution in [2.24, 2.45) is 11.1 Å². The van der Waals surface area contributed by atoms with Gasteiger partial charge in [-0.25, -0.2) is 0 Å². The maximum atomic E-state index is 12.5. The topological polar surface area (TPSA) is 103 Å². The van der Waals surface area contributed by atoms with Crippen LogP contribution >= 0.6 is 0 Å². The Morgan fingerprint density at radius 2 is 1.26 bits per heavy atom. The van der Waals surface area contributed by atoms with Crippen molar-refractivity contribution < 1.29 is 19.1 Å². The molecular formula is C28H53N3O4. The molecule has 204 valence electrons. The number of carbonyl (C=O) groups is 2. The third-order valence-electron chi connectivity index (χ3n) is 7.59. The van der Waals surface area contributed by atoms with Crippen LogP contribution in [-0.4, -0.2) is 56.9 Å². The van der Waals surface area contributed by atoms with E-state index >= 15 is 0 Å². The largest absolute Gasteiger partial charge is 0.378 e. The average molecular weight is 496 g/mol. The van der Waals surface area contributed by atoms with Crippen LogP contribution in [0.25, 0.3) is 0 Å². The molecule has 0 saturated heterocycles. The lowest BCUT2D eigenvalue weighted by molar-refractivity contribution is -0.183. The monoisotopic (exact) mass is 495 g/mol. The number of amides is 2. The highest BCUT2D eigenvalue weighted by molar-refractivity contribution is 5.88. The van der Waals surface area contributed by atoms with Crippen LogP contribution in [0.3, 0.4) is 0 Å². The molecule has 3 rings (SSSR count). The average Bonchev–Trinajstić information content (AvgIpc) is 2.80. The fourth-order valence-electron chi connectivity index (χ4n) is 5.65. The molecule has 7 heteroatoms. The van der Waals surface area contributed by atoms with Gasteiger partial charge >= 0.3 is 0 Å². The number of ether oxygens (including phenoxy) is 2. The normalized spacial score (nSPS) is 22.3. The van der Waals surface area contributed by atoms with Crippen molar-refractivity contribution in [1.29, 1.82) is 0 Å². The molecular weight excluding hydrogens is 442 g/mol. The highest BCUT2D eigenvalue weighted by Crippen LogP contribution is 2.67. The van der Waals surface area contributed by atoms with Gasteiger partial charge in [-0.15, -0.1) is 0 Å². The zero-order chi connectivity index (χ0) is 25.2. The zero-order valence-electron chi connectivity index (χ0n) is 22.5. The van der Waals surface area contributed by atoms with E-state index in [1.807, 2.05) is 0 Å². The van der Waals surface area contributed by atoms with Crippen LogP contribution in [-0.2, 0) is 19.1 Å². The molecule has 35 heavy (non-hydrogen) atoms. The van der Waals surface area contributed by atoms with Crippen LogP contribution in [0, 0.1) is 5.41 Å². The molecule has 0 heterocycles. The lowest BCUT2D eigenvalue weighted by atomic mass is 9.39. The number of unbranched alkanes of at least 4 members (excludes halogenated alkanes) is 12. The van der Waals surface area contributed by atoms with Crippen LogP contribution in [0.5, 0.6) is 0 Å². The van der Waals surface area contributed by atoms with Gasteiger partial charge in [0.1, 0.15) is 0 Å². The first-order valence-electron chi connectivity index (χ1n) is 14.5. The summed E-state index contributed by atoms with van der Waals surface area (Å²) >= 11 is 0. The minimum absolute atomic E-state index is 0.105. The van der Waals surface area contributed by atoms with Gasteiger partial charge in [-0.2, -0.15) is 0 Å². The van der Waals surface area contributed by atoms with Gasteiger partial charge in [-0.1, -0.05) is 84.0 Å². The Bertz CT molecular complexity index is 579. The molecule has 0 aromatic rings.